The predicted molar refractivity (Wildman–Crippen MR) is 73.6 cm³/mol. The Labute approximate surface area is 101 Å². The van der Waals surface area contributed by atoms with Gasteiger partial charge in [0.1, 0.15) is 0 Å². The third-order valence-electron chi connectivity index (χ3n) is 2.38. The second-order valence-electron chi connectivity index (χ2n) is 4.41. The van der Waals surface area contributed by atoms with Crippen LogP contribution in [0.25, 0.3) is 0 Å². The maximum atomic E-state index is 2.38. The van der Waals surface area contributed by atoms with Gasteiger partial charge in [-0.3, -0.25) is 0 Å². The van der Waals surface area contributed by atoms with Crippen LogP contribution in [0.15, 0.2) is 30.3 Å². The summed E-state index contributed by atoms with van der Waals surface area (Å²) in [6, 6.07) is 10.6. The number of hydrogen-bond acceptors (Lipinski definition) is 1. The SMILES string of the molecule is CC.CC(C)CCN(C)Cc1ccccc1. The molecular formula is C15H27N. The maximum absolute atomic E-state index is 2.38. The number of nitrogens with zero attached hydrogens (tertiary/aromatic N) is 1. The van der Waals surface area contributed by atoms with Gasteiger partial charge in [-0.1, -0.05) is 58.0 Å². The van der Waals surface area contributed by atoms with Crippen molar-refractivity contribution in [2.75, 3.05) is 13.6 Å². The quantitative estimate of drug-likeness (QED) is 0.720. The zero-order chi connectivity index (χ0) is 12.4. The van der Waals surface area contributed by atoms with Crippen molar-refractivity contribution in [1.82, 2.24) is 4.90 Å². The van der Waals surface area contributed by atoms with Gasteiger partial charge in [-0.2, -0.15) is 0 Å². The first-order chi connectivity index (χ1) is 7.68. The lowest BCUT2D eigenvalue weighted by Gasteiger charge is -2.17. The Morgan fingerprint density at radius 3 is 2.12 bits per heavy atom. The molecule has 1 aromatic rings. The highest BCUT2D eigenvalue weighted by molar-refractivity contribution is 5.14. The molecule has 0 aromatic heterocycles. The summed E-state index contributed by atoms with van der Waals surface area (Å²) in [5, 5.41) is 0. The van der Waals surface area contributed by atoms with Gasteiger partial charge >= 0.3 is 0 Å². The normalized spacial score (nSPS) is 10.2. The summed E-state index contributed by atoms with van der Waals surface area (Å²) in [4.78, 5) is 2.38. The van der Waals surface area contributed by atoms with Crippen molar-refractivity contribution >= 4 is 0 Å². The van der Waals surface area contributed by atoms with Crippen molar-refractivity contribution in [3.63, 3.8) is 0 Å². The Morgan fingerprint density at radius 1 is 1.06 bits per heavy atom. The van der Waals surface area contributed by atoms with Crippen LogP contribution < -0.4 is 0 Å². The summed E-state index contributed by atoms with van der Waals surface area (Å²) in [5.74, 6) is 0.799. The highest BCUT2D eigenvalue weighted by Gasteiger charge is 2.00. The van der Waals surface area contributed by atoms with Crippen molar-refractivity contribution in [2.24, 2.45) is 5.92 Å². The molecule has 0 amide bonds. The molecule has 0 fully saturated rings. The molecule has 1 heteroatoms. The molecule has 92 valence electrons. The predicted octanol–water partition coefficient (Wildman–Crippen LogP) is 4.19. The molecule has 1 aromatic carbocycles. The van der Waals surface area contributed by atoms with Gasteiger partial charge in [0.05, 0.1) is 0 Å². The van der Waals surface area contributed by atoms with E-state index in [1.165, 1.54) is 18.5 Å². The lowest BCUT2D eigenvalue weighted by molar-refractivity contribution is 0.303. The van der Waals surface area contributed by atoms with Gasteiger partial charge in [-0.25, -0.2) is 0 Å². The Bertz CT molecular complexity index is 241. The highest BCUT2D eigenvalue weighted by Crippen LogP contribution is 2.05. The van der Waals surface area contributed by atoms with E-state index in [1.54, 1.807) is 0 Å². The fourth-order valence-corrected chi connectivity index (χ4v) is 1.45. The molecule has 0 bridgehead atoms. The van der Waals surface area contributed by atoms with E-state index in [9.17, 15) is 0 Å². The number of rotatable bonds is 5. The highest BCUT2D eigenvalue weighted by atomic mass is 15.1. The molecule has 0 N–H and O–H groups in total. The Hall–Kier alpha value is -0.820. The van der Waals surface area contributed by atoms with Crippen LogP contribution in [0.2, 0.25) is 0 Å². The smallest absolute Gasteiger partial charge is 0.0230 e. The van der Waals surface area contributed by atoms with Gasteiger partial charge in [-0.15, -0.1) is 0 Å². The van der Waals surface area contributed by atoms with Crippen LogP contribution in [0.3, 0.4) is 0 Å². The molecular weight excluding hydrogens is 194 g/mol. The minimum absolute atomic E-state index is 0.799. The van der Waals surface area contributed by atoms with Crippen molar-refractivity contribution in [1.29, 1.82) is 0 Å². The van der Waals surface area contributed by atoms with E-state index in [1.807, 2.05) is 13.8 Å². The summed E-state index contributed by atoms with van der Waals surface area (Å²) in [7, 11) is 2.19. The molecule has 0 atom stereocenters. The molecule has 1 nitrogen and oxygen atoms in total. The van der Waals surface area contributed by atoms with Crippen molar-refractivity contribution in [3.05, 3.63) is 35.9 Å². The van der Waals surface area contributed by atoms with Crippen LogP contribution in [0.5, 0.6) is 0 Å². The third kappa shape index (κ3) is 7.47. The van der Waals surface area contributed by atoms with Gasteiger partial charge in [0, 0.05) is 6.54 Å². The van der Waals surface area contributed by atoms with Crippen LogP contribution in [0.4, 0.5) is 0 Å². The average molecular weight is 221 g/mol. The lowest BCUT2D eigenvalue weighted by Crippen LogP contribution is -2.20. The van der Waals surface area contributed by atoms with Gasteiger partial charge in [-0.05, 0) is 31.5 Å². The summed E-state index contributed by atoms with van der Waals surface area (Å²) < 4.78 is 0. The van der Waals surface area contributed by atoms with E-state index in [0.29, 0.717) is 0 Å². The fourth-order valence-electron chi connectivity index (χ4n) is 1.45. The van der Waals surface area contributed by atoms with Crippen LogP contribution in [-0.4, -0.2) is 18.5 Å². The van der Waals surface area contributed by atoms with E-state index in [2.05, 4.69) is 56.1 Å². The van der Waals surface area contributed by atoms with Crippen molar-refractivity contribution < 1.29 is 0 Å². The third-order valence-corrected chi connectivity index (χ3v) is 2.38. The molecule has 0 saturated carbocycles. The molecule has 0 saturated heterocycles. The van der Waals surface area contributed by atoms with Gasteiger partial charge in [0.25, 0.3) is 0 Å². The largest absolute Gasteiger partial charge is 0.302 e. The molecule has 0 spiro atoms. The number of benzene rings is 1. The second-order valence-corrected chi connectivity index (χ2v) is 4.41. The van der Waals surface area contributed by atoms with E-state index < -0.39 is 0 Å². The number of hydrogen-bond donors (Lipinski definition) is 0. The van der Waals surface area contributed by atoms with Crippen LogP contribution in [-0.2, 0) is 6.54 Å². The van der Waals surface area contributed by atoms with Gasteiger partial charge in [0.15, 0.2) is 0 Å². The lowest BCUT2D eigenvalue weighted by atomic mass is 10.1. The minimum atomic E-state index is 0.799. The van der Waals surface area contributed by atoms with Crippen molar-refractivity contribution in [2.45, 2.75) is 40.7 Å². The van der Waals surface area contributed by atoms with Gasteiger partial charge < -0.3 is 4.90 Å². The summed E-state index contributed by atoms with van der Waals surface area (Å²) in [6.45, 7) is 10.8. The molecule has 0 aliphatic rings. The van der Waals surface area contributed by atoms with E-state index in [-0.39, 0.29) is 0 Å². The van der Waals surface area contributed by atoms with Crippen LogP contribution >= 0.6 is 0 Å². The first kappa shape index (κ1) is 15.2. The minimum Gasteiger partial charge on any atom is -0.302 e. The molecule has 0 aliphatic heterocycles. The van der Waals surface area contributed by atoms with Crippen molar-refractivity contribution in [3.8, 4) is 0 Å². The topological polar surface area (TPSA) is 3.24 Å². The monoisotopic (exact) mass is 221 g/mol. The summed E-state index contributed by atoms with van der Waals surface area (Å²) >= 11 is 0. The average Bonchev–Trinajstić information content (AvgIpc) is 2.30. The van der Waals surface area contributed by atoms with Crippen LogP contribution in [0, 0.1) is 5.92 Å². The molecule has 0 radical (unpaired) electrons. The molecule has 16 heavy (non-hydrogen) atoms. The standard InChI is InChI=1S/C13H21N.C2H6/c1-12(2)9-10-14(3)11-13-7-5-4-6-8-13;1-2/h4-8,12H,9-11H2,1-3H3;1-2H3. The second kappa shape index (κ2) is 9.41. The molecule has 1 rings (SSSR count). The Kier molecular flexibility index (Phi) is 8.93. The zero-order valence-electron chi connectivity index (χ0n) is 11.5. The van der Waals surface area contributed by atoms with E-state index in [0.717, 1.165) is 12.5 Å². The molecule has 0 heterocycles. The first-order valence-corrected chi connectivity index (χ1v) is 6.41. The summed E-state index contributed by atoms with van der Waals surface area (Å²) in [6.07, 6.45) is 1.28. The van der Waals surface area contributed by atoms with E-state index in [4.69, 9.17) is 0 Å². The maximum Gasteiger partial charge on any atom is 0.0230 e. The summed E-state index contributed by atoms with van der Waals surface area (Å²) in [5.41, 5.74) is 1.40. The van der Waals surface area contributed by atoms with E-state index >= 15 is 0 Å². The molecule has 0 aliphatic carbocycles. The van der Waals surface area contributed by atoms with Crippen LogP contribution in [0.1, 0.15) is 39.7 Å². The van der Waals surface area contributed by atoms with Gasteiger partial charge in [0.2, 0.25) is 0 Å². The first-order valence-electron chi connectivity index (χ1n) is 6.41. The Balaban J connectivity index is 0.00000106. The Morgan fingerprint density at radius 2 is 1.62 bits per heavy atom. The zero-order valence-corrected chi connectivity index (χ0v) is 11.5. The molecule has 0 unspecified atom stereocenters. The fraction of sp³-hybridized carbons (Fsp3) is 0.600.